The van der Waals surface area contributed by atoms with E-state index in [0.29, 0.717) is 0 Å². The molecule has 2 nitrogen and oxygen atoms in total. The van der Waals surface area contributed by atoms with E-state index >= 15 is 0 Å². The molecule has 0 spiro atoms. The topological polar surface area (TPSA) is 25.8 Å². The van der Waals surface area contributed by atoms with Crippen molar-refractivity contribution in [2.75, 3.05) is 0 Å². The van der Waals surface area contributed by atoms with Gasteiger partial charge in [-0.25, -0.2) is 0 Å². The van der Waals surface area contributed by atoms with Gasteiger partial charge in [-0.3, -0.25) is 9.97 Å². The van der Waals surface area contributed by atoms with Crippen LogP contribution in [0.3, 0.4) is 0 Å². The van der Waals surface area contributed by atoms with Gasteiger partial charge in [0.25, 0.3) is 0 Å². The predicted octanol–water partition coefficient (Wildman–Crippen LogP) is 4.68. The van der Waals surface area contributed by atoms with Gasteiger partial charge in [-0.2, -0.15) is 0 Å². The molecule has 21 heavy (non-hydrogen) atoms. The second-order valence-corrected chi connectivity index (χ2v) is 7.41. The summed E-state index contributed by atoms with van der Waals surface area (Å²) in [6, 6.07) is 8.60. The lowest BCUT2D eigenvalue weighted by atomic mass is 9.80. The summed E-state index contributed by atoms with van der Waals surface area (Å²) in [4.78, 5) is 8.64. The van der Waals surface area contributed by atoms with Gasteiger partial charge in [0, 0.05) is 24.3 Å². The quantitative estimate of drug-likeness (QED) is 0.813. The molecule has 0 radical (unpaired) electrons. The lowest BCUT2D eigenvalue weighted by Crippen LogP contribution is -2.19. The van der Waals surface area contributed by atoms with Crippen molar-refractivity contribution in [1.82, 2.24) is 9.97 Å². The average Bonchev–Trinajstić information content (AvgIpc) is 2.46. The van der Waals surface area contributed by atoms with E-state index in [9.17, 15) is 0 Å². The van der Waals surface area contributed by atoms with Crippen molar-refractivity contribution in [3.05, 3.63) is 59.7 Å². The molecular weight excluding hydrogens is 256 g/mol. The lowest BCUT2D eigenvalue weighted by molar-refractivity contribution is 0.476. The molecule has 2 aromatic rings. The van der Waals surface area contributed by atoms with E-state index in [0.717, 1.165) is 12.8 Å². The monoisotopic (exact) mass is 282 g/mol. The van der Waals surface area contributed by atoms with Crippen LogP contribution in [0.25, 0.3) is 0 Å². The first-order valence-corrected chi connectivity index (χ1v) is 7.65. The average molecular weight is 282 g/mol. The Morgan fingerprint density at radius 2 is 1.48 bits per heavy atom. The van der Waals surface area contributed by atoms with Crippen molar-refractivity contribution >= 4 is 0 Å². The van der Waals surface area contributed by atoms with E-state index in [4.69, 9.17) is 0 Å². The highest BCUT2D eigenvalue weighted by atomic mass is 14.7. The number of rotatable bonds is 4. The van der Waals surface area contributed by atoms with E-state index in [2.05, 4.69) is 68.9 Å². The summed E-state index contributed by atoms with van der Waals surface area (Å²) in [6.07, 6.45) is 7.76. The maximum atomic E-state index is 4.54. The van der Waals surface area contributed by atoms with Crippen molar-refractivity contribution in [2.45, 2.75) is 58.3 Å². The van der Waals surface area contributed by atoms with Crippen LogP contribution < -0.4 is 0 Å². The van der Waals surface area contributed by atoms with Crippen LogP contribution in [0.1, 0.15) is 57.9 Å². The van der Waals surface area contributed by atoms with Crippen LogP contribution in [-0.4, -0.2) is 9.97 Å². The number of pyridine rings is 2. The number of aromatic nitrogens is 2. The number of hydrogen-bond donors (Lipinski definition) is 0. The summed E-state index contributed by atoms with van der Waals surface area (Å²) in [6.45, 7) is 11.3. The van der Waals surface area contributed by atoms with Gasteiger partial charge in [0.2, 0.25) is 0 Å². The predicted molar refractivity (Wildman–Crippen MR) is 88.5 cm³/mol. The van der Waals surface area contributed by atoms with Crippen LogP contribution in [0.2, 0.25) is 0 Å². The Kier molecular flexibility index (Phi) is 4.46. The molecule has 0 saturated heterocycles. The first kappa shape index (κ1) is 15.7. The fourth-order valence-electron chi connectivity index (χ4n) is 2.47. The Morgan fingerprint density at radius 3 is 2.10 bits per heavy atom. The van der Waals surface area contributed by atoms with Gasteiger partial charge in [-0.1, -0.05) is 34.6 Å². The molecule has 0 aliphatic carbocycles. The van der Waals surface area contributed by atoms with Crippen molar-refractivity contribution in [1.29, 1.82) is 0 Å². The Morgan fingerprint density at radius 1 is 0.857 bits per heavy atom. The van der Waals surface area contributed by atoms with Crippen molar-refractivity contribution in [2.24, 2.45) is 0 Å². The molecule has 0 saturated carbocycles. The van der Waals surface area contributed by atoms with Gasteiger partial charge in [-0.05, 0) is 59.1 Å². The van der Waals surface area contributed by atoms with Crippen molar-refractivity contribution in [3.63, 3.8) is 0 Å². The third-order valence-corrected chi connectivity index (χ3v) is 4.15. The molecule has 2 heterocycles. The molecule has 2 heteroatoms. The summed E-state index contributed by atoms with van der Waals surface area (Å²) >= 11 is 0. The van der Waals surface area contributed by atoms with Crippen LogP contribution in [0.15, 0.2) is 42.9 Å². The molecule has 0 bridgehead atoms. The van der Waals surface area contributed by atoms with E-state index < -0.39 is 0 Å². The summed E-state index contributed by atoms with van der Waals surface area (Å²) in [7, 11) is 0. The van der Waals surface area contributed by atoms with Crippen LogP contribution >= 0.6 is 0 Å². The summed E-state index contributed by atoms with van der Waals surface area (Å²) in [5.74, 6) is 0. The summed E-state index contributed by atoms with van der Waals surface area (Å²) in [5, 5.41) is 0. The highest BCUT2D eigenvalue weighted by Crippen LogP contribution is 2.28. The Hall–Kier alpha value is -1.70. The second-order valence-electron chi connectivity index (χ2n) is 7.41. The smallest absolute Gasteiger partial charge is 0.0406 e. The van der Waals surface area contributed by atoms with Crippen LogP contribution in [0.5, 0.6) is 0 Å². The number of aryl methyl sites for hydroxylation is 1. The highest BCUT2D eigenvalue weighted by Gasteiger charge is 2.21. The zero-order chi connectivity index (χ0) is 15.5. The summed E-state index contributed by atoms with van der Waals surface area (Å²) < 4.78 is 0. The Bertz CT molecular complexity index is 580. The number of hydrogen-bond acceptors (Lipinski definition) is 2. The van der Waals surface area contributed by atoms with Gasteiger partial charge >= 0.3 is 0 Å². The van der Waals surface area contributed by atoms with E-state index in [1.165, 1.54) is 16.8 Å². The van der Waals surface area contributed by atoms with E-state index in [-0.39, 0.29) is 10.8 Å². The first-order valence-electron chi connectivity index (χ1n) is 7.65. The molecular formula is C19H26N2. The minimum absolute atomic E-state index is 0.141. The third kappa shape index (κ3) is 4.13. The van der Waals surface area contributed by atoms with Crippen molar-refractivity contribution < 1.29 is 0 Å². The minimum atomic E-state index is 0.141. The Balaban J connectivity index is 2.10. The lowest BCUT2D eigenvalue weighted by Gasteiger charge is -2.25. The molecule has 0 amide bonds. The fraction of sp³-hybridized carbons (Fsp3) is 0.474. The molecule has 0 unspecified atom stereocenters. The Labute approximate surface area is 128 Å². The molecule has 0 aliphatic rings. The molecule has 0 N–H and O–H groups in total. The number of nitrogens with zero attached hydrogens (tertiary/aromatic N) is 2. The molecule has 0 atom stereocenters. The second kappa shape index (κ2) is 5.97. The fourth-order valence-corrected chi connectivity index (χ4v) is 2.47. The maximum Gasteiger partial charge on any atom is 0.0406 e. The van der Waals surface area contributed by atoms with Gasteiger partial charge in [0.05, 0.1) is 0 Å². The zero-order valence-corrected chi connectivity index (χ0v) is 13.9. The van der Waals surface area contributed by atoms with Crippen LogP contribution in [0.4, 0.5) is 0 Å². The standard InChI is InChI=1S/C19H26N2/c1-18(2,3)16-9-13-21-17(14-16)6-10-19(4,5)15-7-11-20-12-8-15/h7-9,11-14H,6,10H2,1-5H3. The summed E-state index contributed by atoms with van der Waals surface area (Å²) in [5.41, 5.74) is 4.20. The van der Waals surface area contributed by atoms with Crippen LogP contribution in [-0.2, 0) is 17.3 Å². The van der Waals surface area contributed by atoms with Gasteiger partial charge in [-0.15, -0.1) is 0 Å². The van der Waals surface area contributed by atoms with E-state index in [1.807, 2.05) is 18.6 Å². The first-order chi connectivity index (χ1) is 9.79. The highest BCUT2D eigenvalue weighted by molar-refractivity contribution is 5.25. The third-order valence-electron chi connectivity index (χ3n) is 4.15. The van der Waals surface area contributed by atoms with E-state index in [1.54, 1.807) is 0 Å². The normalized spacial score (nSPS) is 12.4. The van der Waals surface area contributed by atoms with Gasteiger partial charge in [0.1, 0.15) is 0 Å². The molecule has 0 aromatic carbocycles. The van der Waals surface area contributed by atoms with Gasteiger partial charge < -0.3 is 0 Å². The largest absolute Gasteiger partial charge is 0.265 e. The zero-order valence-electron chi connectivity index (χ0n) is 13.9. The van der Waals surface area contributed by atoms with Crippen LogP contribution in [0, 0.1) is 0 Å². The van der Waals surface area contributed by atoms with Crippen molar-refractivity contribution in [3.8, 4) is 0 Å². The van der Waals surface area contributed by atoms with Gasteiger partial charge in [0.15, 0.2) is 0 Å². The molecule has 2 rings (SSSR count). The minimum Gasteiger partial charge on any atom is -0.265 e. The SMILES string of the molecule is CC(C)(C)c1ccnc(CCC(C)(C)c2ccncc2)c1. The molecule has 0 fully saturated rings. The molecule has 2 aromatic heterocycles. The maximum absolute atomic E-state index is 4.54. The molecule has 0 aliphatic heterocycles. The molecule has 112 valence electrons.